The van der Waals surface area contributed by atoms with E-state index in [9.17, 15) is 4.79 Å². The van der Waals surface area contributed by atoms with Crippen LogP contribution in [-0.2, 0) is 0 Å². The highest BCUT2D eigenvalue weighted by Gasteiger charge is 2.11. The fourth-order valence-electron chi connectivity index (χ4n) is 2.34. The van der Waals surface area contributed by atoms with Crippen molar-refractivity contribution in [3.8, 4) is 0 Å². The molecule has 2 N–H and O–H groups in total. The Morgan fingerprint density at radius 1 is 1.08 bits per heavy atom. The second kappa shape index (κ2) is 7.50. The molecule has 0 aliphatic carbocycles. The van der Waals surface area contributed by atoms with Crippen LogP contribution in [0.2, 0.25) is 0 Å². The summed E-state index contributed by atoms with van der Waals surface area (Å²) in [7, 11) is 0. The fraction of sp³-hybridized carbons (Fsp3) is 0.222. The number of para-hydroxylation sites is 1. The summed E-state index contributed by atoms with van der Waals surface area (Å²) in [4.78, 5) is 25.2. The summed E-state index contributed by atoms with van der Waals surface area (Å²) in [5, 5.41) is 6.97. The second-order valence-electron chi connectivity index (χ2n) is 5.38. The van der Waals surface area contributed by atoms with Gasteiger partial charge in [-0.05, 0) is 24.6 Å². The maximum atomic E-state index is 12.5. The first-order chi connectivity index (χ1) is 11.8. The van der Waals surface area contributed by atoms with Gasteiger partial charge in [0.1, 0.15) is 5.69 Å². The van der Waals surface area contributed by atoms with Gasteiger partial charge in [-0.1, -0.05) is 31.5 Å². The molecule has 1 aromatic carbocycles. The molecule has 0 aliphatic rings. The van der Waals surface area contributed by atoms with Crippen molar-refractivity contribution in [3.63, 3.8) is 0 Å². The number of fused-ring (bicyclic) bond motifs is 1. The van der Waals surface area contributed by atoms with Crippen LogP contribution in [0.15, 0.2) is 48.8 Å². The molecule has 3 aromatic rings. The van der Waals surface area contributed by atoms with Gasteiger partial charge in [-0.3, -0.25) is 9.78 Å². The highest BCUT2D eigenvalue weighted by molar-refractivity contribution is 6.07. The van der Waals surface area contributed by atoms with Crippen LogP contribution < -0.4 is 10.6 Å². The molecule has 2 heterocycles. The molecule has 0 bridgehead atoms. The van der Waals surface area contributed by atoms with Gasteiger partial charge in [-0.25, -0.2) is 9.97 Å². The third kappa shape index (κ3) is 3.65. The van der Waals surface area contributed by atoms with Gasteiger partial charge in [0, 0.05) is 24.3 Å². The van der Waals surface area contributed by atoms with Gasteiger partial charge in [0.25, 0.3) is 5.91 Å². The molecule has 6 heteroatoms. The van der Waals surface area contributed by atoms with E-state index < -0.39 is 0 Å². The van der Waals surface area contributed by atoms with Crippen LogP contribution >= 0.6 is 0 Å². The lowest BCUT2D eigenvalue weighted by Crippen LogP contribution is -2.16. The molecule has 0 aliphatic heterocycles. The van der Waals surface area contributed by atoms with Crippen LogP contribution in [0.1, 0.15) is 30.3 Å². The Kier molecular flexibility index (Phi) is 4.96. The fourth-order valence-corrected chi connectivity index (χ4v) is 2.34. The lowest BCUT2D eigenvalue weighted by molar-refractivity contribution is 0.102. The minimum Gasteiger partial charge on any atom is -0.354 e. The number of anilines is 2. The van der Waals surface area contributed by atoms with E-state index in [1.165, 1.54) is 0 Å². The van der Waals surface area contributed by atoms with Crippen molar-refractivity contribution >= 4 is 28.4 Å². The molecule has 0 fully saturated rings. The Morgan fingerprint density at radius 3 is 2.83 bits per heavy atom. The number of aromatic nitrogens is 3. The minimum absolute atomic E-state index is 0.283. The molecule has 2 aromatic heterocycles. The highest BCUT2D eigenvalue weighted by Crippen LogP contribution is 2.21. The number of nitrogens with zero attached hydrogens (tertiary/aromatic N) is 3. The average Bonchev–Trinajstić information content (AvgIpc) is 2.62. The van der Waals surface area contributed by atoms with Crippen molar-refractivity contribution in [2.75, 3.05) is 17.2 Å². The molecular weight excluding hydrogens is 302 g/mol. The topological polar surface area (TPSA) is 79.8 Å². The zero-order chi connectivity index (χ0) is 16.8. The number of amides is 1. The van der Waals surface area contributed by atoms with Crippen molar-refractivity contribution in [3.05, 3.63) is 54.5 Å². The van der Waals surface area contributed by atoms with E-state index in [2.05, 4.69) is 32.5 Å². The van der Waals surface area contributed by atoms with Crippen molar-refractivity contribution < 1.29 is 4.79 Å². The lowest BCUT2D eigenvalue weighted by Gasteiger charge is -2.08. The SMILES string of the molecule is CCCCNc1nccc(C(=O)Nc2cccc3cccnc23)n1. The monoisotopic (exact) mass is 321 g/mol. The van der Waals surface area contributed by atoms with Gasteiger partial charge in [-0.2, -0.15) is 0 Å². The number of pyridine rings is 1. The van der Waals surface area contributed by atoms with E-state index in [1.807, 2.05) is 30.3 Å². The van der Waals surface area contributed by atoms with Gasteiger partial charge in [0.2, 0.25) is 5.95 Å². The van der Waals surface area contributed by atoms with E-state index in [0.717, 1.165) is 30.3 Å². The normalized spacial score (nSPS) is 10.5. The predicted octanol–water partition coefficient (Wildman–Crippen LogP) is 3.49. The molecular formula is C18H19N5O. The molecule has 0 atom stereocenters. The number of rotatable bonds is 6. The van der Waals surface area contributed by atoms with Crippen LogP contribution in [0.3, 0.4) is 0 Å². The maximum absolute atomic E-state index is 12.5. The van der Waals surface area contributed by atoms with Gasteiger partial charge in [0.15, 0.2) is 0 Å². The molecule has 0 saturated heterocycles. The Morgan fingerprint density at radius 2 is 1.96 bits per heavy atom. The number of hydrogen-bond acceptors (Lipinski definition) is 5. The van der Waals surface area contributed by atoms with Crippen molar-refractivity contribution in [2.45, 2.75) is 19.8 Å². The molecule has 0 spiro atoms. The summed E-state index contributed by atoms with van der Waals surface area (Å²) in [6.07, 6.45) is 5.40. The van der Waals surface area contributed by atoms with Gasteiger partial charge in [0.05, 0.1) is 11.2 Å². The zero-order valence-corrected chi connectivity index (χ0v) is 13.5. The molecule has 0 unspecified atom stereocenters. The number of benzene rings is 1. The molecule has 24 heavy (non-hydrogen) atoms. The quantitative estimate of drug-likeness (QED) is 0.679. The molecule has 6 nitrogen and oxygen atoms in total. The summed E-state index contributed by atoms with van der Waals surface area (Å²) in [6, 6.07) is 11.1. The molecule has 0 radical (unpaired) electrons. The van der Waals surface area contributed by atoms with E-state index in [1.54, 1.807) is 18.5 Å². The molecule has 122 valence electrons. The van der Waals surface area contributed by atoms with E-state index >= 15 is 0 Å². The molecule has 0 saturated carbocycles. The standard InChI is InChI=1S/C18H19N5O/c1-2-3-10-20-18-21-12-9-15(23-18)17(24)22-14-8-4-6-13-7-5-11-19-16(13)14/h4-9,11-12H,2-3,10H2,1H3,(H,22,24)(H,20,21,23). The minimum atomic E-state index is -0.283. The van der Waals surface area contributed by atoms with Crippen molar-refractivity contribution in [1.82, 2.24) is 15.0 Å². The van der Waals surface area contributed by atoms with E-state index in [4.69, 9.17) is 0 Å². The van der Waals surface area contributed by atoms with Crippen LogP contribution in [0.4, 0.5) is 11.6 Å². The first kappa shape index (κ1) is 15.9. The van der Waals surface area contributed by atoms with Crippen LogP contribution in [0.5, 0.6) is 0 Å². The molecule has 3 rings (SSSR count). The average molecular weight is 321 g/mol. The van der Waals surface area contributed by atoms with E-state index in [0.29, 0.717) is 17.3 Å². The third-order valence-corrected chi connectivity index (χ3v) is 3.58. The van der Waals surface area contributed by atoms with Gasteiger partial charge < -0.3 is 10.6 Å². The lowest BCUT2D eigenvalue weighted by atomic mass is 10.2. The van der Waals surface area contributed by atoms with Crippen molar-refractivity contribution in [1.29, 1.82) is 0 Å². The summed E-state index contributed by atoms with van der Waals surface area (Å²) in [5.74, 6) is 0.182. The van der Waals surface area contributed by atoms with Gasteiger partial charge in [-0.15, -0.1) is 0 Å². The number of carbonyl (C=O) groups is 1. The first-order valence-corrected chi connectivity index (χ1v) is 8.00. The largest absolute Gasteiger partial charge is 0.354 e. The number of unbranched alkanes of at least 4 members (excludes halogenated alkanes) is 1. The Hall–Kier alpha value is -3.02. The smallest absolute Gasteiger partial charge is 0.274 e. The van der Waals surface area contributed by atoms with Crippen LogP contribution in [0, 0.1) is 0 Å². The Bertz CT molecular complexity index is 844. The third-order valence-electron chi connectivity index (χ3n) is 3.58. The van der Waals surface area contributed by atoms with E-state index in [-0.39, 0.29) is 5.91 Å². The number of carbonyl (C=O) groups excluding carboxylic acids is 1. The zero-order valence-electron chi connectivity index (χ0n) is 13.5. The van der Waals surface area contributed by atoms with Crippen molar-refractivity contribution in [2.24, 2.45) is 0 Å². The van der Waals surface area contributed by atoms with Gasteiger partial charge >= 0.3 is 0 Å². The Balaban J connectivity index is 1.78. The summed E-state index contributed by atoms with van der Waals surface area (Å²) >= 11 is 0. The van der Waals surface area contributed by atoms with Crippen LogP contribution in [-0.4, -0.2) is 27.4 Å². The summed E-state index contributed by atoms with van der Waals surface area (Å²) in [5.41, 5.74) is 1.73. The number of nitrogens with one attached hydrogen (secondary N) is 2. The second-order valence-corrected chi connectivity index (χ2v) is 5.38. The number of hydrogen-bond donors (Lipinski definition) is 2. The predicted molar refractivity (Wildman–Crippen MR) is 95.1 cm³/mol. The summed E-state index contributed by atoms with van der Waals surface area (Å²) in [6.45, 7) is 2.90. The van der Waals surface area contributed by atoms with Crippen LogP contribution in [0.25, 0.3) is 10.9 Å². The molecule has 1 amide bonds. The summed E-state index contributed by atoms with van der Waals surface area (Å²) < 4.78 is 0. The highest BCUT2D eigenvalue weighted by atomic mass is 16.1. The Labute approximate surface area is 140 Å². The maximum Gasteiger partial charge on any atom is 0.274 e. The first-order valence-electron chi connectivity index (χ1n) is 8.00.